The maximum atomic E-state index is 5.87. The van der Waals surface area contributed by atoms with E-state index in [1.165, 1.54) is 32.1 Å². The number of halogens is 1. The third kappa shape index (κ3) is 3.32. The van der Waals surface area contributed by atoms with Crippen molar-refractivity contribution in [1.29, 1.82) is 0 Å². The molecular formula is C10H19ClO. The van der Waals surface area contributed by atoms with Gasteiger partial charge >= 0.3 is 0 Å². The number of alkyl halides is 1. The number of hydrogen-bond acceptors (Lipinski definition) is 1. The monoisotopic (exact) mass is 190 g/mol. The zero-order chi connectivity index (χ0) is 8.81. The summed E-state index contributed by atoms with van der Waals surface area (Å²) in [6.45, 7) is 3.18. The van der Waals surface area contributed by atoms with Crippen LogP contribution in [0.4, 0.5) is 0 Å². The quantitative estimate of drug-likeness (QED) is 0.605. The molecule has 0 aromatic heterocycles. The number of rotatable bonds is 5. The molecule has 12 heavy (non-hydrogen) atoms. The summed E-state index contributed by atoms with van der Waals surface area (Å²) in [5.74, 6) is 1.48. The van der Waals surface area contributed by atoms with Crippen molar-refractivity contribution in [3.8, 4) is 0 Å². The lowest BCUT2D eigenvalue weighted by Gasteiger charge is -2.16. The van der Waals surface area contributed by atoms with Gasteiger partial charge in [-0.05, 0) is 31.6 Å². The van der Waals surface area contributed by atoms with Gasteiger partial charge in [0.1, 0.15) is 0 Å². The van der Waals surface area contributed by atoms with Crippen LogP contribution in [0.3, 0.4) is 0 Å². The van der Waals surface area contributed by atoms with Crippen LogP contribution in [0.15, 0.2) is 0 Å². The number of ether oxygens (including phenoxy) is 1. The van der Waals surface area contributed by atoms with Gasteiger partial charge in [-0.15, -0.1) is 11.6 Å². The Bertz CT molecular complexity index is 110. The van der Waals surface area contributed by atoms with E-state index in [1.807, 2.05) is 0 Å². The van der Waals surface area contributed by atoms with E-state index in [1.54, 1.807) is 0 Å². The second-order valence-corrected chi connectivity index (χ2v) is 3.99. The minimum absolute atomic E-state index is 0.514. The van der Waals surface area contributed by atoms with Crippen molar-refractivity contribution < 1.29 is 4.74 Å². The fourth-order valence-electron chi connectivity index (χ4n) is 1.87. The van der Waals surface area contributed by atoms with Crippen molar-refractivity contribution in [3.63, 3.8) is 0 Å². The van der Waals surface area contributed by atoms with Crippen LogP contribution < -0.4 is 0 Å². The summed E-state index contributed by atoms with van der Waals surface area (Å²) < 4.78 is 5.57. The lowest BCUT2D eigenvalue weighted by molar-refractivity contribution is 0.0910. The molecule has 0 aromatic rings. The van der Waals surface area contributed by atoms with Gasteiger partial charge < -0.3 is 4.74 Å². The second kappa shape index (κ2) is 5.82. The van der Waals surface area contributed by atoms with Crippen LogP contribution in [0.2, 0.25) is 0 Å². The first-order valence-corrected chi connectivity index (χ1v) is 5.57. The van der Waals surface area contributed by atoms with E-state index >= 15 is 0 Å². The Balaban J connectivity index is 2.16. The fraction of sp³-hybridized carbons (Fsp3) is 1.00. The topological polar surface area (TPSA) is 9.23 Å². The normalized spacial score (nSPS) is 26.0. The molecule has 72 valence electrons. The molecule has 0 bridgehead atoms. The van der Waals surface area contributed by atoms with Crippen LogP contribution >= 0.6 is 11.6 Å². The van der Waals surface area contributed by atoms with Gasteiger partial charge in [-0.1, -0.05) is 13.3 Å². The van der Waals surface area contributed by atoms with E-state index < -0.39 is 0 Å². The van der Waals surface area contributed by atoms with E-state index in [9.17, 15) is 0 Å². The van der Waals surface area contributed by atoms with E-state index in [0.717, 1.165) is 12.5 Å². The van der Waals surface area contributed by atoms with Crippen molar-refractivity contribution in [2.45, 2.75) is 45.1 Å². The summed E-state index contributed by atoms with van der Waals surface area (Å²) in [7, 11) is 0. The van der Waals surface area contributed by atoms with Gasteiger partial charge in [0, 0.05) is 12.5 Å². The molecule has 0 spiro atoms. The van der Waals surface area contributed by atoms with Gasteiger partial charge in [0.2, 0.25) is 0 Å². The van der Waals surface area contributed by atoms with E-state index in [4.69, 9.17) is 16.3 Å². The highest BCUT2D eigenvalue weighted by Gasteiger charge is 2.19. The molecule has 1 saturated heterocycles. The van der Waals surface area contributed by atoms with Crippen LogP contribution in [0.25, 0.3) is 0 Å². The molecule has 1 heterocycles. The third-order valence-electron chi connectivity index (χ3n) is 2.54. The SMILES string of the molecule is CCCC(CCl)CC1CCCO1. The van der Waals surface area contributed by atoms with Crippen LogP contribution in [0.1, 0.15) is 39.0 Å². The molecule has 2 heteroatoms. The number of hydrogen-bond donors (Lipinski definition) is 0. The molecular weight excluding hydrogens is 172 g/mol. The van der Waals surface area contributed by atoms with Crippen molar-refractivity contribution in [2.24, 2.45) is 5.92 Å². The summed E-state index contributed by atoms with van der Waals surface area (Å²) in [4.78, 5) is 0. The Labute approximate surface area is 80.4 Å². The molecule has 1 aliphatic heterocycles. The first kappa shape index (κ1) is 10.3. The molecule has 2 unspecified atom stereocenters. The minimum atomic E-state index is 0.514. The molecule has 0 aliphatic carbocycles. The molecule has 1 aliphatic rings. The maximum Gasteiger partial charge on any atom is 0.0579 e. The van der Waals surface area contributed by atoms with Crippen molar-refractivity contribution in [2.75, 3.05) is 12.5 Å². The predicted octanol–water partition coefficient (Wildman–Crippen LogP) is 3.21. The van der Waals surface area contributed by atoms with Crippen molar-refractivity contribution in [1.82, 2.24) is 0 Å². The van der Waals surface area contributed by atoms with Crippen LogP contribution in [-0.4, -0.2) is 18.6 Å². The highest BCUT2D eigenvalue weighted by Crippen LogP contribution is 2.23. The summed E-state index contributed by atoms with van der Waals surface area (Å²) in [5, 5.41) is 0. The smallest absolute Gasteiger partial charge is 0.0579 e. The van der Waals surface area contributed by atoms with Gasteiger partial charge in [-0.25, -0.2) is 0 Å². The lowest BCUT2D eigenvalue weighted by atomic mass is 9.97. The third-order valence-corrected chi connectivity index (χ3v) is 2.97. The van der Waals surface area contributed by atoms with Crippen molar-refractivity contribution >= 4 is 11.6 Å². The molecule has 2 atom stereocenters. The first-order chi connectivity index (χ1) is 5.86. The second-order valence-electron chi connectivity index (χ2n) is 3.68. The Morgan fingerprint density at radius 2 is 2.42 bits per heavy atom. The Morgan fingerprint density at radius 3 is 2.92 bits per heavy atom. The van der Waals surface area contributed by atoms with E-state index in [2.05, 4.69) is 6.92 Å². The summed E-state index contributed by atoms with van der Waals surface area (Å²) in [6, 6.07) is 0. The molecule has 1 fully saturated rings. The zero-order valence-electron chi connectivity index (χ0n) is 7.89. The molecule has 0 saturated carbocycles. The Morgan fingerprint density at radius 1 is 1.58 bits per heavy atom. The largest absolute Gasteiger partial charge is 0.378 e. The molecule has 0 aromatic carbocycles. The van der Waals surface area contributed by atoms with Crippen LogP contribution in [0.5, 0.6) is 0 Å². The van der Waals surface area contributed by atoms with Gasteiger partial charge in [0.25, 0.3) is 0 Å². The fourth-order valence-corrected chi connectivity index (χ4v) is 2.15. The molecule has 0 radical (unpaired) electrons. The van der Waals surface area contributed by atoms with Gasteiger partial charge in [0.05, 0.1) is 6.10 Å². The highest BCUT2D eigenvalue weighted by molar-refractivity contribution is 6.18. The van der Waals surface area contributed by atoms with Crippen LogP contribution in [0, 0.1) is 5.92 Å². The van der Waals surface area contributed by atoms with E-state index in [0.29, 0.717) is 12.0 Å². The average Bonchev–Trinajstić information content (AvgIpc) is 2.56. The van der Waals surface area contributed by atoms with Crippen molar-refractivity contribution in [3.05, 3.63) is 0 Å². The van der Waals surface area contributed by atoms with Gasteiger partial charge in [0.15, 0.2) is 0 Å². The predicted molar refractivity (Wildman–Crippen MR) is 52.7 cm³/mol. The zero-order valence-corrected chi connectivity index (χ0v) is 8.65. The lowest BCUT2D eigenvalue weighted by Crippen LogP contribution is -2.13. The molecule has 1 nitrogen and oxygen atoms in total. The van der Waals surface area contributed by atoms with E-state index in [-0.39, 0.29) is 0 Å². The summed E-state index contributed by atoms with van der Waals surface area (Å²) in [5.41, 5.74) is 0. The first-order valence-electron chi connectivity index (χ1n) is 5.04. The Kier molecular flexibility index (Phi) is 5.01. The summed E-state index contributed by atoms with van der Waals surface area (Å²) >= 11 is 5.87. The van der Waals surface area contributed by atoms with Gasteiger partial charge in [-0.2, -0.15) is 0 Å². The van der Waals surface area contributed by atoms with Crippen LogP contribution in [-0.2, 0) is 4.74 Å². The summed E-state index contributed by atoms with van der Waals surface area (Å²) in [6.07, 6.45) is 6.67. The maximum absolute atomic E-state index is 5.87. The highest BCUT2D eigenvalue weighted by atomic mass is 35.5. The Hall–Kier alpha value is 0.250. The minimum Gasteiger partial charge on any atom is -0.378 e. The average molecular weight is 191 g/mol. The molecule has 1 rings (SSSR count). The molecule has 0 amide bonds. The van der Waals surface area contributed by atoms with Gasteiger partial charge in [-0.3, -0.25) is 0 Å². The standard InChI is InChI=1S/C10H19ClO/c1-2-4-9(8-11)7-10-5-3-6-12-10/h9-10H,2-8H2,1H3. The molecule has 0 N–H and O–H groups in total.